The van der Waals surface area contributed by atoms with Crippen molar-refractivity contribution in [2.75, 3.05) is 35.4 Å². The van der Waals surface area contributed by atoms with E-state index in [-0.39, 0.29) is 6.54 Å². The number of nitrogens with one attached hydrogen (secondary N) is 2. The zero-order chi connectivity index (χ0) is 18.1. The molecule has 2 N–H and O–H groups in total. The highest BCUT2D eigenvalue weighted by molar-refractivity contribution is 7.90. The first-order chi connectivity index (χ1) is 12.6. The minimum Gasteiger partial charge on any atom is -0.369 e. The van der Waals surface area contributed by atoms with Crippen LogP contribution >= 0.6 is 11.6 Å². The van der Waals surface area contributed by atoms with Gasteiger partial charge in [-0.05, 0) is 23.8 Å². The van der Waals surface area contributed by atoms with Gasteiger partial charge in [0.05, 0.1) is 12.2 Å². The predicted octanol–water partition coefficient (Wildman–Crippen LogP) is 2.10. The normalized spacial score (nSPS) is 19.3. The standard InChI is InChI=1S/C18H21ClN4O2S/c19-16-5-2-1-4-14(16)13-23-18-7-3-6-17(22-10-8-20-9-11-22)15(18)12-21-26(23,24)25/h1-7,20-21H,8-13H2. The van der Waals surface area contributed by atoms with Crippen LogP contribution in [0, 0.1) is 0 Å². The Morgan fingerprint density at radius 3 is 2.50 bits per heavy atom. The highest BCUT2D eigenvalue weighted by Crippen LogP contribution is 2.36. The van der Waals surface area contributed by atoms with E-state index in [2.05, 4.69) is 21.0 Å². The van der Waals surface area contributed by atoms with Crippen LogP contribution in [0.25, 0.3) is 0 Å². The van der Waals surface area contributed by atoms with Gasteiger partial charge in [-0.15, -0.1) is 0 Å². The number of hydrogen-bond acceptors (Lipinski definition) is 4. The maximum Gasteiger partial charge on any atom is 0.302 e. The zero-order valence-corrected chi connectivity index (χ0v) is 15.9. The molecule has 26 heavy (non-hydrogen) atoms. The predicted molar refractivity (Wildman–Crippen MR) is 105 cm³/mol. The molecule has 0 saturated carbocycles. The van der Waals surface area contributed by atoms with E-state index in [1.54, 1.807) is 6.07 Å². The van der Waals surface area contributed by atoms with Gasteiger partial charge in [-0.3, -0.25) is 4.31 Å². The molecule has 0 atom stereocenters. The summed E-state index contributed by atoms with van der Waals surface area (Å²) in [5, 5.41) is 3.91. The third kappa shape index (κ3) is 3.27. The van der Waals surface area contributed by atoms with Crippen molar-refractivity contribution >= 4 is 33.2 Å². The molecule has 1 saturated heterocycles. The fourth-order valence-corrected chi connectivity index (χ4v) is 4.92. The summed E-state index contributed by atoms with van der Waals surface area (Å²) >= 11 is 6.26. The minimum absolute atomic E-state index is 0.201. The first-order valence-corrected chi connectivity index (χ1v) is 10.5. The van der Waals surface area contributed by atoms with Crippen LogP contribution in [0.15, 0.2) is 42.5 Å². The average molecular weight is 393 g/mol. The number of benzene rings is 2. The van der Waals surface area contributed by atoms with E-state index in [1.807, 2.05) is 30.3 Å². The number of fused-ring (bicyclic) bond motifs is 1. The van der Waals surface area contributed by atoms with Gasteiger partial charge in [-0.1, -0.05) is 35.9 Å². The van der Waals surface area contributed by atoms with Crippen LogP contribution in [0.2, 0.25) is 5.02 Å². The van der Waals surface area contributed by atoms with Gasteiger partial charge in [-0.2, -0.15) is 13.1 Å². The molecule has 2 aliphatic heterocycles. The second-order valence-corrected chi connectivity index (χ2v) is 8.52. The van der Waals surface area contributed by atoms with Crippen molar-refractivity contribution in [1.82, 2.24) is 10.0 Å². The number of nitrogens with zero attached hydrogens (tertiary/aromatic N) is 2. The van der Waals surface area contributed by atoms with Crippen LogP contribution in [0.4, 0.5) is 11.4 Å². The van der Waals surface area contributed by atoms with Gasteiger partial charge in [0.25, 0.3) is 0 Å². The molecular weight excluding hydrogens is 372 g/mol. The number of anilines is 2. The molecule has 6 nitrogen and oxygen atoms in total. The Bertz CT molecular complexity index is 913. The van der Waals surface area contributed by atoms with Crippen molar-refractivity contribution in [3.8, 4) is 0 Å². The fourth-order valence-electron chi connectivity index (χ4n) is 3.50. The molecule has 138 valence electrons. The maximum atomic E-state index is 12.7. The summed E-state index contributed by atoms with van der Waals surface area (Å²) in [6.45, 7) is 4.18. The Labute approximate surface area is 158 Å². The topological polar surface area (TPSA) is 64.7 Å². The van der Waals surface area contributed by atoms with E-state index in [9.17, 15) is 8.42 Å². The summed E-state index contributed by atoms with van der Waals surface area (Å²) in [5.41, 5.74) is 3.60. The zero-order valence-electron chi connectivity index (χ0n) is 14.3. The summed E-state index contributed by atoms with van der Waals surface area (Å²) in [6, 6.07) is 13.2. The molecule has 2 heterocycles. The molecular formula is C18H21ClN4O2S. The first kappa shape index (κ1) is 17.6. The molecule has 0 aliphatic carbocycles. The monoisotopic (exact) mass is 392 g/mol. The molecule has 0 spiro atoms. The molecule has 2 aromatic carbocycles. The van der Waals surface area contributed by atoms with Crippen molar-refractivity contribution in [1.29, 1.82) is 0 Å². The van der Waals surface area contributed by atoms with E-state index >= 15 is 0 Å². The van der Waals surface area contributed by atoms with Crippen molar-refractivity contribution in [2.45, 2.75) is 13.1 Å². The molecule has 2 aliphatic rings. The number of rotatable bonds is 3. The van der Waals surface area contributed by atoms with E-state index in [0.29, 0.717) is 11.6 Å². The van der Waals surface area contributed by atoms with Gasteiger partial charge in [0.15, 0.2) is 0 Å². The second-order valence-electron chi connectivity index (χ2n) is 6.44. The van der Waals surface area contributed by atoms with Crippen LogP contribution in [0.3, 0.4) is 0 Å². The Kier molecular flexibility index (Phi) is 4.79. The average Bonchev–Trinajstić information content (AvgIpc) is 2.65. The highest BCUT2D eigenvalue weighted by Gasteiger charge is 2.32. The van der Waals surface area contributed by atoms with Crippen LogP contribution in [0.1, 0.15) is 11.1 Å². The molecule has 0 unspecified atom stereocenters. The molecule has 1 fully saturated rings. The van der Waals surface area contributed by atoms with Crippen molar-refractivity contribution in [3.63, 3.8) is 0 Å². The first-order valence-electron chi connectivity index (χ1n) is 8.64. The third-order valence-electron chi connectivity index (χ3n) is 4.85. The Hall–Kier alpha value is -1.80. The summed E-state index contributed by atoms with van der Waals surface area (Å²) in [4.78, 5) is 2.31. The minimum atomic E-state index is -3.61. The Morgan fingerprint density at radius 2 is 1.73 bits per heavy atom. The molecule has 0 radical (unpaired) electrons. The lowest BCUT2D eigenvalue weighted by Crippen LogP contribution is -2.47. The van der Waals surface area contributed by atoms with Gasteiger partial charge in [0, 0.05) is 49.0 Å². The SMILES string of the molecule is O=S1(=O)NCc2c(N3CCNCC3)cccc2N1Cc1ccccc1Cl. The Morgan fingerprint density at radius 1 is 1.00 bits per heavy atom. The number of piperazine rings is 1. The van der Waals surface area contributed by atoms with E-state index in [1.165, 1.54) is 4.31 Å². The molecule has 0 bridgehead atoms. The van der Waals surface area contributed by atoms with Crippen molar-refractivity contribution < 1.29 is 8.42 Å². The van der Waals surface area contributed by atoms with Crippen LogP contribution < -0.4 is 19.2 Å². The number of hydrogen-bond donors (Lipinski definition) is 2. The Balaban J connectivity index is 1.75. The second kappa shape index (κ2) is 7.08. The summed E-state index contributed by atoms with van der Waals surface area (Å²) in [6.07, 6.45) is 0. The highest BCUT2D eigenvalue weighted by atomic mass is 35.5. The summed E-state index contributed by atoms with van der Waals surface area (Å²) < 4.78 is 29.5. The summed E-state index contributed by atoms with van der Waals surface area (Å²) in [7, 11) is -3.61. The fraction of sp³-hybridized carbons (Fsp3) is 0.333. The summed E-state index contributed by atoms with van der Waals surface area (Å²) in [5.74, 6) is 0. The quantitative estimate of drug-likeness (QED) is 0.839. The lowest BCUT2D eigenvalue weighted by Gasteiger charge is -2.36. The maximum absolute atomic E-state index is 12.7. The molecule has 4 rings (SSSR count). The van der Waals surface area contributed by atoms with Gasteiger partial charge in [-0.25, -0.2) is 0 Å². The van der Waals surface area contributed by atoms with Gasteiger partial charge in [0.2, 0.25) is 0 Å². The largest absolute Gasteiger partial charge is 0.369 e. The van der Waals surface area contributed by atoms with Crippen LogP contribution in [-0.4, -0.2) is 34.6 Å². The molecule has 0 aromatic heterocycles. The van der Waals surface area contributed by atoms with E-state index < -0.39 is 10.2 Å². The molecule has 2 aromatic rings. The lowest BCUT2D eigenvalue weighted by molar-refractivity contribution is 0.568. The lowest BCUT2D eigenvalue weighted by atomic mass is 10.1. The number of halogens is 1. The van der Waals surface area contributed by atoms with Crippen LogP contribution in [-0.2, 0) is 23.3 Å². The van der Waals surface area contributed by atoms with Gasteiger partial charge in [0.1, 0.15) is 0 Å². The third-order valence-corrected chi connectivity index (χ3v) is 6.63. The van der Waals surface area contributed by atoms with E-state index in [4.69, 9.17) is 11.6 Å². The van der Waals surface area contributed by atoms with Crippen LogP contribution in [0.5, 0.6) is 0 Å². The smallest absolute Gasteiger partial charge is 0.302 e. The van der Waals surface area contributed by atoms with Gasteiger partial charge >= 0.3 is 10.2 Å². The molecule has 8 heteroatoms. The van der Waals surface area contributed by atoms with E-state index in [0.717, 1.165) is 48.7 Å². The van der Waals surface area contributed by atoms with Crippen molar-refractivity contribution in [3.05, 3.63) is 58.6 Å². The van der Waals surface area contributed by atoms with Gasteiger partial charge < -0.3 is 10.2 Å². The van der Waals surface area contributed by atoms with Crippen molar-refractivity contribution in [2.24, 2.45) is 0 Å². The molecule has 0 amide bonds.